The van der Waals surface area contributed by atoms with Crippen LogP contribution in [0.15, 0.2) is 0 Å². The summed E-state index contributed by atoms with van der Waals surface area (Å²) in [4.78, 5) is 14.6. The molecule has 2 rings (SSSR count). The first-order valence-corrected chi connectivity index (χ1v) is 7.35. The summed E-state index contributed by atoms with van der Waals surface area (Å²) in [5, 5.41) is 12.4. The molecule has 0 aromatic carbocycles. The second-order valence-electron chi connectivity index (χ2n) is 5.80. The Morgan fingerprint density at radius 3 is 2.94 bits per heavy atom. The summed E-state index contributed by atoms with van der Waals surface area (Å²) in [5.74, 6) is 0.989. The van der Waals surface area contributed by atoms with Crippen molar-refractivity contribution in [1.29, 1.82) is 0 Å². The topological polar surface area (TPSA) is 52.6 Å². The molecule has 2 saturated heterocycles. The van der Waals surface area contributed by atoms with E-state index in [0.717, 1.165) is 51.7 Å². The third kappa shape index (κ3) is 3.23. The van der Waals surface area contributed by atoms with Crippen LogP contribution >= 0.6 is 0 Å². The maximum Gasteiger partial charge on any atom is 0.227 e. The molecule has 0 radical (unpaired) electrons. The van der Waals surface area contributed by atoms with Crippen molar-refractivity contribution in [3.8, 4) is 0 Å². The first-order chi connectivity index (χ1) is 8.72. The fourth-order valence-electron chi connectivity index (χ4n) is 3.30. The largest absolute Gasteiger partial charge is 0.396 e. The zero-order valence-electron chi connectivity index (χ0n) is 11.4. The van der Waals surface area contributed by atoms with Crippen molar-refractivity contribution in [2.75, 3.05) is 26.2 Å². The van der Waals surface area contributed by atoms with Gasteiger partial charge in [0.05, 0.1) is 5.92 Å². The van der Waals surface area contributed by atoms with Crippen LogP contribution in [0.2, 0.25) is 0 Å². The Morgan fingerprint density at radius 2 is 2.22 bits per heavy atom. The first-order valence-electron chi connectivity index (χ1n) is 7.35. The highest BCUT2D eigenvalue weighted by atomic mass is 16.3. The minimum atomic E-state index is 0.159. The molecule has 2 heterocycles. The van der Waals surface area contributed by atoms with Crippen molar-refractivity contribution in [3.05, 3.63) is 0 Å². The molecule has 1 amide bonds. The monoisotopic (exact) mass is 254 g/mol. The highest BCUT2D eigenvalue weighted by molar-refractivity contribution is 5.79. The maximum absolute atomic E-state index is 12.5. The van der Waals surface area contributed by atoms with Gasteiger partial charge in [0.1, 0.15) is 0 Å². The molecule has 3 atom stereocenters. The van der Waals surface area contributed by atoms with Gasteiger partial charge >= 0.3 is 0 Å². The molecule has 4 nitrogen and oxygen atoms in total. The van der Waals surface area contributed by atoms with Crippen molar-refractivity contribution in [1.82, 2.24) is 10.2 Å². The first kappa shape index (κ1) is 13.8. The van der Waals surface area contributed by atoms with Gasteiger partial charge in [0.15, 0.2) is 0 Å². The normalized spacial score (nSPS) is 33.4. The van der Waals surface area contributed by atoms with Crippen molar-refractivity contribution in [2.24, 2.45) is 11.8 Å². The third-order valence-corrected chi connectivity index (χ3v) is 4.45. The number of likely N-dealkylation sites (tertiary alicyclic amines) is 1. The van der Waals surface area contributed by atoms with E-state index >= 15 is 0 Å². The average molecular weight is 254 g/mol. The fraction of sp³-hybridized carbons (Fsp3) is 0.929. The van der Waals surface area contributed by atoms with Crippen LogP contribution in [0.5, 0.6) is 0 Å². The Bertz CT molecular complexity index is 281. The molecule has 0 aromatic rings. The highest BCUT2D eigenvalue weighted by Gasteiger charge is 2.33. The number of nitrogens with zero attached hydrogens (tertiary/aromatic N) is 1. The molecule has 0 spiro atoms. The van der Waals surface area contributed by atoms with Crippen LogP contribution in [0.1, 0.15) is 39.0 Å². The van der Waals surface area contributed by atoms with Crippen LogP contribution in [0, 0.1) is 11.8 Å². The molecule has 0 aromatic heterocycles. The van der Waals surface area contributed by atoms with E-state index in [4.69, 9.17) is 5.11 Å². The number of hydrogen-bond acceptors (Lipinski definition) is 3. The third-order valence-electron chi connectivity index (χ3n) is 4.45. The van der Waals surface area contributed by atoms with E-state index < -0.39 is 0 Å². The van der Waals surface area contributed by atoms with E-state index in [1.54, 1.807) is 0 Å². The van der Waals surface area contributed by atoms with E-state index in [1.165, 1.54) is 0 Å². The van der Waals surface area contributed by atoms with Gasteiger partial charge in [-0.3, -0.25) is 4.79 Å². The lowest BCUT2D eigenvalue weighted by Gasteiger charge is -2.38. The van der Waals surface area contributed by atoms with E-state index in [1.807, 2.05) is 4.90 Å². The minimum absolute atomic E-state index is 0.159. The Kier molecular flexibility index (Phi) is 5.01. The Hall–Kier alpha value is -0.610. The number of rotatable bonds is 3. The molecule has 0 bridgehead atoms. The van der Waals surface area contributed by atoms with Gasteiger partial charge in [0.25, 0.3) is 0 Å². The molecule has 0 aliphatic carbocycles. The molecular weight excluding hydrogens is 228 g/mol. The summed E-state index contributed by atoms with van der Waals surface area (Å²) in [6, 6.07) is 0.310. The van der Waals surface area contributed by atoms with E-state index in [0.29, 0.717) is 17.9 Å². The van der Waals surface area contributed by atoms with E-state index in [-0.39, 0.29) is 12.5 Å². The predicted octanol–water partition coefficient (Wildman–Crippen LogP) is 0.995. The number of amides is 1. The summed E-state index contributed by atoms with van der Waals surface area (Å²) in [5.41, 5.74) is 0. The van der Waals surface area contributed by atoms with Crippen molar-refractivity contribution < 1.29 is 9.90 Å². The average Bonchev–Trinajstić information content (AvgIpc) is 2.39. The SMILES string of the molecule is CC1NCCCC1C(=O)N1CCCC(CCO)C1. The molecule has 4 heteroatoms. The van der Waals surface area contributed by atoms with Crippen molar-refractivity contribution in [2.45, 2.75) is 45.1 Å². The molecule has 3 unspecified atom stereocenters. The summed E-state index contributed by atoms with van der Waals surface area (Å²) in [7, 11) is 0. The van der Waals surface area contributed by atoms with Crippen LogP contribution in [-0.2, 0) is 4.79 Å². The second-order valence-corrected chi connectivity index (χ2v) is 5.80. The zero-order valence-corrected chi connectivity index (χ0v) is 11.4. The Labute approximate surface area is 110 Å². The highest BCUT2D eigenvalue weighted by Crippen LogP contribution is 2.24. The minimum Gasteiger partial charge on any atom is -0.396 e. The lowest BCUT2D eigenvalue weighted by atomic mass is 9.88. The number of nitrogens with one attached hydrogen (secondary N) is 1. The number of carbonyl (C=O) groups is 1. The summed E-state index contributed by atoms with van der Waals surface area (Å²) < 4.78 is 0. The molecule has 2 aliphatic heterocycles. The molecule has 104 valence electrons. The molecule has 2 fully saturated rings. The summed E-state index contributed by atoms with van der Waals surface area (Å²) in [6.07, 6.45) is 5.21. The van der Waals surface area contributed by atoms with Crippen LogP contribution in [-0.4, -0.2) is 48.2 Å². The van der Waals surface area contributed by atoms with Gasteiger partial charge in [-0.1, -0.05) is 0 Å². The number of aliphatic hydroxyl groups is 1. The van der Waals surface area contributed by atoms with Crippen LogP contribution in [0.25, 0.3) is 0 Å². The van der Waals surface area contributed by atoms with Gasteiger partial charge in [-0.25, -0.2) is 0 Å². The van der Waals surface area contributed by atoms with Gasteiger partial charge in [0, 0.05) is 25.7 Å². The molecule has 2 N–H and O–H groups in total. The molecule has 2 aliphatic rings. The van der Waals surface area contributed by atoms with Crippen molar-refractivity contribution in [3.63, 3.8) is 0 Å². The number of piperidine rings is 2. The Morgan fingerprint density at radius 1 is 1.39 bits per heavy atom. The maximum atomic E-state index is 12.5. The van der Waals surface area contributed by atoms with Crippen LogP contribution in [0.3, 0.4) is 0 Å². The smallest absolute Gasteiger partial charge is 0.227 e. The summed E-state index contributed by atoms with van der Waals surface area (Å²) >= 11 is 0. The van der Waals surface area contributed by atoms with E-state index in [2.05, 4.69) is 12.2 Å². The van der Waals surface area contributed by atoms with Crippen molar-refractivity contribution >= 4 is 5.91 Å². The molecule has 0 saturated carbocycles. The zero-order chi connectivity index (χ0) is 13.0. The van der Waals surface area contributed by atoms with Gasteiger partial charge < -0.3 is 15.3 Å². The Balaban J connectivity index is 1.91. The summed E-state index contributed by atoms with van der Waals surface area (Å²) in [6.45, 7) is 5.16. The lowest BCUT2D eigenvalue weighted by Crippen LogP contribution is -2.50. The van der Waals surface area contributed by atoms with Gasteiger partial charge in [-0.2, -0.15) is 0 Å². The molecule has 18 heavy (non-hydrogen) atoms. The van der Waals surface area contributed by atoms with E-state index in [9.17, 15) is 4.79 Å². The van der Waals surface area contributed by atoms with Gasteiger partial charge in [-0.15, -0.1) is 0 Å². The fourth-order valence-corrected chi connectivity index (χ4v) is 3.30. The number of aliphatic hydroxyl groups excluding tert-OH is 1. The van der Waals surface area contributed by atoms with Gasteiger partial charge in [0.2, 0.25) is 5.91 Å². The van der Waals surface area contributed by atoms with Gasteiger partial charge in [-0.05, 0) is 51.5 Å². The second kappa shape index (κ2) is 6.53. The quantitative estimate of drug-likeness (QED) is 0.790. The predicted molar refractivity (Wildman–Crippen MR) is 71.2 cm³/mol. The lowest BCUT2D eigenvalue weighted by molar-refractivity contribution is -0.139. The standard InChI is InChI=1S/C14H26N2O2/c1-11-13(5-2-7-15-11)14(18)16-8-3-4-12(10-16)6-9-17/h11-13,15,17H,2-10H2,1H3. The van der Waals surface area contributed by atoms with Crippen LogP contribution in [0.4, 0.5) is 0 Å². The number of hydrogen-bond donors (Lipinski definition) is 2. The molecular formula is C14H26N2O2. The number of carbonyl (C=O) groups excluding carboxylic acids is 1. The van der Waals surface area contributed by atoms with Crippen LogP contribution < -0.4 is 5.32 Å².